The minimum Gasteiger partial charge on any atom is -0.377 e. The highest BCUT2D eigenvalue weighted by Crippen LogP contribution is 2.11. The molecule has 1 heterocycles. The van der Waals surface area contributed by atoms with Crippen LogP contribution in [0.3, 0.4) is 0 Å². The van der Waals surface area contributed by atoms with Gasteiger partial charge in [0.05, 0.1) is 6.10 Å². The number of nitrogens with one attached hydrogen (secondary N) is 1. The van der Waals surface area contributed by atoms with Crippen LogP contribution in [-0.2, 0) is 4.74 Å². The lowest BCUT2D eigenvalue weighted by molar-refractivity contribution is 0.0582. The van der Waals surface area contributed by atoms with Crippen LogP contribution in [-0.4, -0.2) is 50.8 Å². The van der Waals surface area contributed by atoms with Crippen LogP contribution in [0.25, 0.3) is 0 Å². The third-order valence-corrected chi connectivity index (χ3v) is 3.38. The van der Waals surface area contributed by atoms with E-state index in [1.807, 2.05) is 0 Å². The molecule has 1 aliphatic rings. The van der Waals surface area contributed by atoms with Crippen LogP contribution < -0.4 is 5.32 Å². The number of nitrogens with zero attached hydrogens (tertiary/aromatic N) is 1. The molecule has 1 N–H and O–H groups in total. The molecule has 1 unspecified atom stereocenters. The molecular weight excluding hydrogens is 212 g/mol. The Morgan fingerprint density at radius 1 is 1.18 bits per heavy atom. The molecule has 1 rings (SSSR count). The van der Waals surface area contributed by atoms with E-state index in [2.05, 4.69) is 24.2 Å². The van der Waals surface area contributed by atoms with Crippen molar-refractivity contribution in [3.63, 3.8) is 0 Å². The maximum atomic E-state index is 5.86. The smallest absolute Gasteiger partial charge is 0.0714 e. The van der Waals surface area contributed by atoms with Gasteiger partial charge in [-0.15, -0.1) is 0 Å². The molecule has 1 saturated heterocycles. The second kappa shape index (κ2) is 9.86. The number of hydrogen-bond donors (Lipinski definition) is 1. The van der Waals surface area contributed by atoms with Gasteiger partial charge in [-0.1, -0.05) is 19.8 Å². The second-order valence-corrected chi connectivity index (χ2v) is 5.21. The van der Waals surface area contributed by atoms with Crippen LogP contribution in [0.2, 0.25) is 0 Å². The molecule has 0 aromatic heterocycles. The maximum absolute atomic E-state index is 5.86. The van der Waals surface area contributed by atoms with Crippen molar-refractivity contribution in [3.05, 3.63) is 0 Å². The topological polar surface area (TPSA) is 24.5 Å². The molecule has 0 aliphatic carbocycles. The maximum Gasteiger partial charge on any atom is 0.0714 e. The number of unbranched alkanes of at least 4 members (excludes halogenated alkanes) is 3. The molecule has 0 aromatic carbocycles. The SMILES string of the molecule is CCCNCCCCCCOC1CCN(C)C1. The van der Waals surface area contributed by atoms with Gasteiger partial charge < -0.3 is 15.0 Å². The quantitative estimate of drug-likeness (QED) is 0.595. The summed E-state index contributed by atoms with van der Waals surface area (Å²) in [5.41, 5.74) is 0. The predicted octanol–water partition coefficient (Wildman–Crippen LogP) is 2.27. The van der Waals surface area contributed by atoms with Gasteiger partial charge in [-0.05, 0) is 45.8 Å². The summed E-state index contributed by atoms with van der Waals surface area (Å²) in [4.78, 5) is 2.35. The monoisotopic (exact) mass is 242 g/mol. The predicted molar refractivity (Wildman–Crippen MR) is 73.5 cm³/mol. The molecule has 0 radical (unpaired) electrons. The summed E-state index contributed by atoms with van der Waals surface area (Å²) < 4.78 is 5.86. The van der Waals surface area contributed by atoms with E-state index in [-0.39, 0.29) is 0 Å². The summed E-state index contributed by atoms with van der Waals surface area (Å²) in [6.07, 6.45) is 8.16. The van der Waals surface area contributed by atoms with Gasteiger partial charge >= 0.3 is 0 Å². The zero-order valence-electron chi connectivity index (χ0n) is 11.7. The lowest BCUT2D eigenvalue weighted by Crippen LogP contribution is -2.19. The molecule has 102 valence electrons. The molecule has 0 aromatic rings. The minimum absolute atomic E-state index is 0.506. The first-order valence-corrected chi connectivity index (χ1v) is 7.33. The summed E-state index contributed by atoms with van der Waals surface area (Å²) in [6.45, 7) is 7.85. The highest BCUT2D eigenvalue weighted by atomic mass is 16.5. The molecule has 17 heavy (non-hydrogen) atoms. The van der Waals surface area contributed by atoms with Gasteiger partial charge in [0.25, 0.3) is 0 Å². The molecule has 3 nitrogen and oxygen atoms in total. The van der Waals surface area contributed by atoms with Gasteiger partial charge in [0.15, 0.2) is 0 Å². The van der Waals surface area contributed by atoms with E-state index in [0.29, 0.717) is 6.10 Å². The van der Waals surface area contributed by atoms with Crippen LogP contribution in [0.1, 0.15) is 45.4 Å². The number of rotatable bonds is 10. The summed E-state index contributed by atoms with van der Waals surface area (Å²) in [5, 5.41) is 3.44. The summed E-state index contributed by atoms with van der Waals surface area (Å²) in [6, 6.07) is 0. The Kier molecular flexibility index (Phi) is 8.67. The van der Waals surface area contributed by atoms with Crippen LogP contribution >= 0.6 is 0 Å². The Morgan fingerprint density at radius 2 is 2.00 bits per heavy atom. The summed E-state index contributed by atoms with van der Waals surface area (Å²) in [5.74, 6) is 0. The Balaban J connectivity index is 1.75. The molecule has 1 fully saturated rings. The van der Waals surface area contributed by atoms with E-state index >= 15 is 0 Å². The first kappa shape index (κ1) is 14.9. The van der Waals surface area contributed by atoms with Crippen molar-refractivity contribution >= 4 is 0 Å². The Morgan fingerprint density at radius 3 is 2.71 bits per heavy atom. The largest absolute Gasteiger partial charge is 0.377 e. The Labute approximate surface area is 107 Å². The number of hydrogen-bond acceptors (Lipinski definition) is 3. The molecule has 0 saturated carbocycles. The first-order valence-electron chi connectivity index (χ1n) is 7.33. The zero-order valence-corrected chi connectivity index (χ0v) is 11.7. The van der Waals surface area contributed by atoms with E-state index < -0.39 is 0 Å². The van der Waals surface area contributed by atoms with Crippen molar-refractivity contribution in [2.75, 3.05) is 39.8 Å². The number of ether oxygens (including phenoxy) is 1. The van der Waals surface area contributed by atoms with Crippen molar-refractivity contribution < 1.29 is 4.74 Å². The van der Waals surface area contributed by atoms with Crippen LogP contribution in [0, 0.1) is 0 Å². The molecule has 0 spiro atoms. The Hall–Kier alpha value is -0.120. The number of likely N-dealkylation sites (tertiary alicyclic amines) is 1. The van der Waals surface area contributed by atoms with Gasteiger partial charge in [0.2, 0.25) is 0 Å². The van der Waals surface area contributed by atoms with E-state index in [9.17, 15) is 0 Å². The standard InChI is InChI=1S/C14H30N2O/c1-3-9-15-10-6-4-5-7-12-17-14-8-11-16(2)13-14/h14-15H,3-13H2,1-2H3. The molecule has 0 bridgehead atoms. The van der Waals surface area contributed by atoms with Crippen LogP contribution in [0.5, 0.6) is 0 Å². The van der Waals surface area contributed by atoms with Crippen LogP contribution in [0.4, 0.5) is 0 Å². The van der Waals surface area contributed by atoms with Gasteiger partial charge in [-0.2, -0.15) is 0 Å². The van der Waals surface area contributed by atoms with Gasteiger partial charge in [0.1, 0.15) is 0 Å². The second-order valence-electron chi connectivity index (χ2n) is 5.21. The average molecular weight is 242 g/mol. The van der Waals surface area contributed by atoms with Crippen molar-refractivity contribution in [3.8, 4) is 0 Å². The van der Waals surface area contributed by atoms with Crippen molar-refractivity contribution in [1.29, 1.82) is 0 Å². The van der Waals surface area contributed by atoms with Crippen molar-refractivity contribution in [1.82, 2.24) is 10.2 Å². The fourth-order valence-electron chi connectivity index (χ4n) is 2.29. The molecular formula is C14H30N2O. The van der Waals surface area contributed by atoms with E-state index in [1.165, 1.54) is 51.6 Å². The van der Waals surface area contributed by atoms with E-state index in [4.69, 9.17) is 4.74 Å². The lowest BCUT2D eigenvalue weighted by Gasteiger charge is -2.11. The third kappa shape index (κ3) is 7.74. The van der Waals surface area contributed by atoms with Gasteiger partial charge in [-0.25, -0.2) is 0 Å². The fraction of sp³-hybridized carbons (Fsp3) is 1.00. The molecule has 1 atom stereocenters. The minimum atomic E-state index is 0.506. The third-order valence-electron chi connectivity index (χ3n) is 3.38. The molecule has 0 amide bonds. The zero-order chi connectivity index (χ0) is 12.3. The average Bonchev–Trinajstić information content (AvgIpc) is 2.73. The number of likely N-dealkylation sites (N-methyl/N-ethyl adjacent to an activating group) is 1. The Bertz CT molecular complexity index is 176. The first-order chi connectivity index (χ1) is 8.33. The summed E-state index contributed by atoms with van der Waals surface area (Å²) >= 11 is 0. The fourth-order valence-corrected chi connectivity index (χ4v) is 2.29. The van der Waals surface area contributed by atoms with E-state index in [0.717, 1.165) is 19.7 Å². The van der Waals surface area contributed by atoms with Crippen LogP contribution in [0.15, 0.2) is 0 Å². The van der Waals surface area contributed by atoms with Gasteiger partial charge in [0, 0.05) is 19.7 Å². The molecule has 1 aliphatic heterocycles. The summed E-state index contributed by atoms with van der Waals surface area (Å²) in [7, 11) is 2.17. The lowest BCUT2D eigenvalue weighted by atomic mass is 10.2. The normalized spacial score (nSPS) is 21.2. The molecule has 3 heteroatoms. The van der Waals surface area contributed by atoms with Crippen molar-refractivity contribution in [2.45, 2.75) is 51.6 Å². The van der Waals surface area contributed by atoms with Crippen molar-refractivity contribution in [2.24, 2.45) is 0 Å². The van der Waals surface area contributed by atoms with E-state index in [1.54, 1.807) is 0 Å². The highest BCUT2D eigenvalue weighted by molar-refractivity contribution is 4.72. The van der Waals surface area contributed by atoms with Gasteiger partial charge in [-0.3, -0.25) is 0 Å². The highest BCUT2D eigenvalue weighted by Gasteiger charge is 2.19.